The van der Waals surface area contributed by atoms with Gasteiger partial charge in [0, 0.05) is 36.5 Å². The van der Waals surface area contributed by atoms with Crippen molar-refractivity contribution in [3.8, 4) is 0 Å². The average molecular weight is 544 g/mol. The van der Waals surface area contributed by atoms with Gasteiger partial charge in [0.15, 0.2) is 0 Å². The van der Waals surface area contributed by atoms with Gasteiger partial charge in [0.2, 0.25) is 0 Å². The van der Waals surface area contributed by atoms with Gasteiger partial charge in [-0.15, -0.1) is 0 Å². The first kappa shape index (κ1) is 25.6. The highest BCUT2D eigenvalue weighted by atomic mass is 16.2. The van der Waals surface area contributed by atoms with Crippen LogP contribution in [0.4, 0.5) is 17.1 Å². The molecule has 6 amide bonds. The van der Waals surface area contributed by atoms with Crippen LogP contribution in [0.2, 0.25) is 0 Å². The van der Waals surface area contributed by atoms with Gasteiger partial charge < -0.3 is 0 Å². The number of benzene rings is 3. The highest BCUT2D eigenvalue weighted by Crippen LogP contribution is 2.33. The first-order chi connectivity index (χ1) is 19.8. The number of amides is 6. The second kappa shape index (κ2) is 10.1. The molecule has 9 nitrogen and oxygen atoms in total. The summed E-state index contributed by atoms with van der Waals surface area (Å²) in [6.45, 7) is 0. The minimum absolute atomic E-state index is 0.306. The zero-order chi connectivity index (χ0) is 28.7. The maximum absolute atomic E-state index is 12.8. The molecule has 0 aromatic heterocycles. The van der Waals surface area contributed by atoms with E-state index in [1.165, 1.54) is 36.5 Å². The van der Waals surface area contributed by atoms with Gasteiger partial charge in [0.25, 0.3) is 35.4 Å². The molecule has 3 aliphatic heterocycles. The van der Waals surface area contributed by atoms with Crippen LogP contribution in [0.15, 0.2) is 103 Å². The normalized spacial score (nSPS) is 16.3. The minimum Gasteiger partial charge on any atom is -0.269 e. The number of hydrogen-bond donors (Lipinski definition) is 0. The van der Waals surface area contributed by atoms with Crippen molar-refractivity contribution in [2.75, 3.05) is 14.7 Å². The van der Waals surface area contributed by atoms with Crippen molar-refractivity contribution >= 4 is 52.5 Å². The summed E-state index contributed by atoms with van der Waals surface area (Å²) in [5.74, 6) is -2.64. The summed E-state index contributed by atoms with van der Waals surface area (Å²) in [4.78, 5) is 77.8. The Morgan fingerprint density at radius 2 is 0.756 bits per heavy atom. The van der Waals surface area contributed by atoms with Crippen LogP contribution < -0.4 is 14.7 Å². The van der Waals surface area contributed by atoms with Crippen LogP contribution in [0.5, 0.6) is 0 Å². The third kappa shape index (κ3) is 4.70. The topological polar surface area (TPSA) is 112 Å². The zero-order valence-corrected chi connectivity index (χ0v) is 21.5. The van der Waals surface area contributed by atoms with Crippen molar-refractivity contribution in [3.63, 3.8) is 0 Å². The minimum atomic E-state index is -0.468. The number of carbonyl (C=O) groups excluding carboxylic acids is 6. The smallest absolute Gasteiger partial charge is 0.258 e. The summed E-state index contributed by atoms with van der Waals surface area (Å²) in [5, 5.41) is 0. The van der Waals surface area contributed by atoms with Crippen LogP contribution in [0, 0.1) is 0 Å². The Morgan fingerprint density at radius 1 is 0.415 bits per heavy atom. The molecule has 9 heteroatoms. The van der Waals surface area contributed by atoms with Crippen LogP contribution in [0.3, 0.4) is 0 Å². The largest absolute Gasteiger partial charge is 0.269 e. The molecular weight excluding hydrogens is 522 g/mol. The molecule has 0 unspecified atom stereocenters. The van der Waals surface area contributed by atoms with Gasteiger partial charge >= 0.3 is 0 Å². The third-order valence-corrected chi connectivity index (χ3v) is 6.98. The molecule has 0 bridgehead atoms. The monoisotopic (exact) mass is 543 g/mol. The third-order valence-electron chi connectivity index (χ3n) is 6.98. The lowest BCUT2D eigenvalue weighted by Crippen LogP contribution is -2.32. The molecule has 0 spiro atoms. The summed E-state index contributed by atoms with van der Waals surface area (Å²) in [6.07, 6.45) is 7.92. The van der Waals surface area contributed by atoms with Crippen molar-refractivity contribution in [1.82, 2.24) is 0 Å². The van der Waals surface area contributed by atoms with Gasteiger partial charge in [0.1, 0.15) is 0 Å². The van der Waals surface area contributed by atoms with Crippen LogP contribution in [0.25, 0.3) is 0 Å². The van der Waals surface area contributed by atoms with E-state index in [1.54, 1.807) is 36.4 Å². The Labute approximate surface area is 234 Å². The lowest BCUT2D eigenvalue weighted by molar-refractivity contribution is -0.121. The first-order valence-electron chi connectivity index (χ1n) is 12.8. The van der Waals surface area contributed by atoms with Crippen molar-refractivity contribution in [1.29, 1.82) is 0 Å². The van der Waals surface area contributed by atoms with E-state index in [0.717, 1.165) is 25.8 Å². The first-order valence-corrected chi connectivity index (χ1v) is 12.8. The van der Waals surface area contributed by atoms with Crippen molar-refractivity contribution in [2.45, 2.75) is 12.8 Å². The fourth-order valence-corrected chi connectivity index (χ4v) is 5.20. The van der Waals surface area contributed by atoms with E-state index >= 15 is 0 Å². The second-order valence-electron chi connectivity index (χ2n) is 9.65. The average Bonchev–Trinajstić information content (AvgIpc) is 3.59. The summed E-state index contributed by atoms with van der Waals surface area (Å²) in [7, 11) is 0. The predicted octanol–water partition coefficient (Wildman–Crippen LogP) is 3.16. The van der Waals surface area contributed by atoms with Crippen LogP contribution in [-0.4, -0.2) is 35.4 Å². The molecule has 41 heavy (non-hydrogen) atoms. The lowest BCUT2D eigenvalue weighted by Gasteiger charge is -2.23. The summed E-state index contributed by atoms with van der Waals surface area (Å²) >= 11 is 0. The molecular formula is C32H21N3O6. The van der Waals surface area contributed by atoms with E-state index in [-0.39, 0.29) is 0 Å². The molecule has 0 atom stereocenters. The fraction of sp³-hybridized carbons (Fsp3) is 0.0625. The Hall–Kier alpha value is -5.70. The van der Waals surface area contributed by atoms with Crippen molar-refractivity contribution < 1.29 is 28.8 Å². The number of carbonyl (C=O) groups is 6. The maximum Gasteiger partial charge on any atom is 0.258 e. The van der Waals surface area contributed by atoms with E-state index in [0.29, 0.717) is 41.0 Å². The van der Waals surface area contributed by atoms with E-state index in [2.05, 4.69) is 0 Å². The quantitative estimate of drug-likeness (QED) is 0.423. The van der Waals surface area contributed by atoms with E-state index in [1.807, 2.05) is 30.3 Å². The molecule has 6 rings (SSSR count). The number of anilines is 3. The van der Waals surface area contributed by atoms with Gasteiger partial charge in [-0.3, -0.25) is 28.8 Å². The van der Waals surface area contributed by atoms with E-state index in [4.69, 9.17) is 0 Å². The van der Waals surface area contributed by atoms with Crippen LogP contribution in [-0.2, 0) is 41.6 Å². The predicted molar refractivity (Wildman–Crippen MR) is 150 cm³/mol. The highest BCUT2D eigenvalue weighted by Gasteiger charge is 2.30. The zero-order valence-electron chi connectivity index (χ0n) is 21.5. The molecule has 0 N–H and O–H groups in total. The van der Waals surface area contributed by atoms with Crippen LogP contribution >= 0.6 is 0 Å². The molecule has 0 saturated heterocycles. The van der Waals surface area contributed by atoms with Gasteiger partial charge in [-0.05, 0) is 59.4 Å². The molecule has 0 fully saturated rings. The molecule has 3 aromatic carbocycles. The molecule has 0 radical (unpaired) electrons. The molecule has 200 valence electrons. The molecule has 3 aliphatic rings. The van der Waals surface area contributed by atoms with Gasteiger partial charge in [-0.2, -0.15) is 0 Å². The summed E-state index contributed by atoms with van der Waals surface area (Å²) in [6, 6.07) is 19.4. The lowest BCUT2D eigenvalue weighted by atomic mass is 9.95. The number of para-hydroxylation sites is 1. The Bertz CT molecular complexity index is 1620. The van der Waals surface area contributed by atoms with E-state index in [9.17, 15) is 28.8 Å². The fourth-order valence-electron chi connectivity index (χ4n) is 5.20. The Kier molecular flexibility index (Phi) is 6.31. The van der Waals surface area contributed by atoms with Crippen molar-refractivity contribution in [2.24, 2.45) is 0 Å². The summed E-state index contributed by atoms with van der Waals surface area (Å²) in [5.41, 5.74) is 4.19. The maximum atomic E-state index is 12.8. The number of imide groups is 3. The SMILES string of the molecule is O=C1C=CC(=O)N1c1cccc(Cc2cccc(Cc3cccc(N4C(=O)C=CC4=O)c3)c2N2C(=O)C=CC2=O)c1. The molecule has 3 heterocycles. The number of nitrogens with zero attached hydrogens (tertiary/aromatic N) is 3. The summed E-state index contributed by atoms with van der Waals surface area (Å²) < 4.78 is 0. The van der Waals surface area contributed by atoms with Gasteiger partial charge in [-0.1, -0.05) is 42.5 Å². The highest BCUT2D eigenvalue weighted by molar-refractivity contribution is 6.29. The second-order valence-corrected chi connectivity index (χ2v) is 9.65. The molecule has 3 aromatic rings. The van der Waals surface area contributed by atoms with Crippen LogP contribution in [0.1, 0.15) is 22.3 Å². The Morgan fingerprint density at radius 3 is 1.15 bits per heavy atom. The number of hydrogen-bond acceptors (Lipinski definition) is 6. The number of rotatable bonds is 7. The van der Waals surface area contributed by atoms with Gasteiger partial charge in [-0.25, -0.2) is 14.7 Å². The standard InChI is InChI=1S/C32H21N3O6/c36-26-10-11-27(37)33(26)24-8-1-4-20(18-24)16-22-6-3-7-23(32(22)35-30(40)14-15-31(35)41)17-21-5-2-9-25(19-21)34-28(38)12-13-29(34)39/h1-15,18-19H,16-17H2. The van der Waals surface area contributed by atoms with E-state index < -0.39 is 35.4 Å². The van der Waals surface area contributed by atoms with Gasteiger partial charge in [0.05, 0.1) is 17.1 Å². The molecule has 0 saturated carbocycles. The Balaban J connectivity index is 1.37. The van der Waals surface area contributed by atoms with Crippen molar-refractivity contribution in [3.05, 3.63) is 125 Å². The molecule has 0 aliphatic carbocycles.